The number of likely N-dealkylation sites (N-methyl/N-ethyl adjacent to an activating group) is 1. The molecule has 2 aliphatic heterocycles. The summed E-state index contributed by atoms with van der Waals surface area (Å²) in [5, 5.41) is 3.01. The van der Waals surface area contributed by atoms with E-state index in [-0.39, 0.29) is 49.0 Å². The van der Waals surface area contributed by atoms with Gasteiger partial charge in [-0.2, -0.15) is 15.0 Å². The van der Waals surface area contributed by atoms with Crippen LogP contribution in [0, 0.1) is 0 Å². The Kier molecular flexibility index (Phi) is 5.63. The Morgan fingerprint density at radius 2 is 1.86 bits per heavy atom. The molecule has 2 amide bonds. The number of carbonyl (C=O) groups excluding carboxylic acids is 3. The summed E-state index contributed by atoms with van der Waals surface area (Å²) in [7, 11) is 3.02. The van der Waals surface area contributed by atoms with Gasteiger partial charge in [0.25, 0.3) is 5.91 Å². The molecule has 1 atom stereocenters. The number of hydrogen-bond acceptors (Lipinski definition) is 10. The van der Waals surface area contributed by atoms with Crippen molar-refractivity contribution in [1.29, 1.82) is 0 Å². The van der Waals surface area contributed by atoms with Gasteiger partial charge in [-0.25, -0.2) is 4.79 Å². The molecule has 1 fully saturated rings. The molecular formula is C24H23N7O5. The first kappa shape index (κ1) is 23.0. The van der Waals surface area contributed by atoms with Crippen LogP contribution in [-0.2, 0) is 20.9 Å². The van der Waals surface area contributed by atoms with Crippen molar-refractivity contribution in [2.75, 3.05) is 30.1 Å². The Labute approximate surface area is 206 Å². The van der Waals surface area contributed by atoms with E-state index < -0.39 is 11.6 Å². The zero-order valence-electron chi connectivity index (χ0n) is 19.6. The van der Waals surface area contributed by atoms with Gasteiger partial charge in [0.05, 0.1) is 24.0 Å². The molecule has 0 bridgehead atoms. The van der Waals surface area contributed by atoms with E-state index in [4.69, 9.17) is 15.2 Å². The van der Waals surface area contributed by atoms with Gasteiger partial charge in [0.1, 0.15) is 5.75 Å². The number of nitrogens with zero attached hydrogens (tertiary/aromatic N) is 5. The SMILES string of the molecule is COc1ccccc1Nc1nc(N)nc(COC(=O)C23CCC(=O)N2c2ccccc2C(=O)N3C)n1. The number of hydrogen-bond donors (Lipinski definition) is 2. The van der Waals surface area contributed by atoms with E-state index in [0.717, 1.165) is 0 Å². The van der Waals surface area contributed by atoms with Crippen molar-refractivity contribution in [1.82, 2.24) is 19.9 Å². The minimum atomic E-state index is -1.60. The number of nitrogens with two attached hydrogens (primary N) is 1. The second-order valence-corrected chi connectivity index (χ2v) is 8.26. The number of methoxy groups -OCH3 is 1. The lowest BCUT2D eigenvalue weighted by atomic mass is 9.97. The molecule has 12 nitrogen and oxygen atoms in total. The minimum Gasteiger partial charge on any atom is -0.495 e. The largest absolute Gasteiger partial charge is 0.495 e. The smallest absolute Gasteiger partial charge is 0.354 e. The Balaban J connectivity index is 1.40. The zero-order valence-corrected chi connectivity index (χ0v) is 19.6. The van der Waals surface area contributed by atoms with Gasteiger partial charge in [-0.05, 0) is 24.3 Å². The van der Waals surface area contributed by atoms with Gasteiger partial charge in [0.2, 0.25) is 23.5 Å². The predicted octanol–water partition coefficient (Wildman–Crippen LogP) is 1.86. The second kappa shape index (κ2) is 8.80. The monoisotopic (exact) mass is 489 g/mol. The molecule has 1 saturated heterocycles. The number of rotatable bonds is 6. The highest BCUT2D eigenvalue weighted by atomic mass is 16.5. The number of ether oxygens (including phenoxy) is 2. The van der Waals surface area contributed by atoms with Crippen molar-refractivity contribution in [2.45, 2.75) is 25.1 Å². The van der Waals surface area contributed by atoms with Crippen molar-refractivity contribution in [3.05, 3.63) is 59.9 Å². The minimum absolute atomic E-state index is 0.0804. The first-order valence-electron chi connectivity index (χ1n) is 11.1. The summed E-state index contributed by atoms with van der Waals surface area (Å²) < 4.78 is 10.9. The lowest BCUT2D eigenvalue weighted by Gasteiger charge is -2.46. The van der Waals surface area contributed by atoms with E-state index in [1.54, 1.807) is 36.4 Å². The number of fused-ring (bicyclic) bond motifs is 3. The topological polar surface area (TPSA) is 153 Å². The number of nitrogens with one attached hydrogen (secondary N) is 1. The van der Waals surface area contributed by atoms with Crippen LogP contribution in [0.5, 0.6) is 5.75 Å². The number of aromatic nitrogens is 3. The molecular weight excluding hydrogens is 466 g/mol. The molecule has 12 heteroatoms. The Hall–Kier alpha value is -4.74. The first-order chi connectivity index (χ1) is 17.3. The van der Waals surface area contributed by atoms with Gasteiger partial charge >= 0.3 is 5.97 Å². The van der Waals surface area contributed by atoms with E-state index in [2.05, 4.69) is 20.3 Å². The number of amides is 2. The molecule has 36 heavy (non-hydrogen) atoms. The standard InChI is InChI=1S/C24H23N7O5/c1-30-20(33)14-7-3-5-9-16(14)31-19(32)11-12-24(30,31)21(34)36-13-18-27-22(25)29-23(28-18)26-15-8-4-6-10-17(15)35-2/h3-10H,11-13H2,1-2H3,(H3,25,26,27,28,29). The maximum atomic E-state index is 13.5. The molecule has 0 radical (unpaired) electrons. The fraction of sp³-hybridized carbons (Fsp3) is 0.250. The summed E-state index contributed by atoms with van der Waals surface area (Å²) in [6.45, 7) is -0.348. The highest BCUT2D eigenvalue weighted by Gasteiger charge is 2.60. The molecule has 1 unspecified atom stereocenters. The van der Waals surface area contributed by atoms with Gasteiger partial charge in [-0.15, -0.1) is 0 Å². The average molecular weight is 489 g/mol. The molecule has 3 heterocycles. The van der Waals surface area contributed by atoms with Crippen molar-refractivity contribution < 1.29 is 23.9 Å². The van der Waals surface area contributed by atoms with Gasteiger partial charge in [-0.3, -0.25) is 14.5 Å². The third-order valence-corrected chi connectivity index (χ3v) is 6.25. The lowest BCUT2D eigenvalue weighted by molar-refractivity contribution is -0.158. The van der Waals surface area contributed by atoms with Crippen LogP contribution in [0.3, 0.4) is 0 Å². The number of benzene rings is 2. The Morgan fingerprint density at radius 1 is 1.11 bits per heavy atom. The van der Waals surface area contributed by atoms with Crippen LogP contribution >= 0.6 is 0 Å². The summed E-state index contributed by atoms with van der Waals surface area (Å²) in [6.07, 6.45) is 0.188. The number of anilines is 4. The predicted molar refractivity (Wildman–Crippen MR) is 128 cm³/mol. The molecule has 184 valence electrons. The highest BCUT2D eigenvalue weighted by Crippen LogP contribution is 2.44. The third-order valence-electron chi connectivity index (χ3n) is 6.25. The van der Waals surface area contributed by atoms with Gasteiger partial charge in [-0.1, -0.05) is 24.3 Å². The highest BCUT2D eigenvalue weighted by molar-refractivity contribution is 6.15. The molecule has 3 aromatic rings. The van der Waals surface area contributed by atoms with Crippen LogP contribution in [0.2, 0.25) is 0 Å². The fourth-order valence-electron chi connectivity index (χ4n) is 4.56. The van der Waals surface area contributed by atoms with Crippen molar-refractivity contribution in [2.24, 2.45) is 0 Å². The molecule has 0 spiro atoms. The second-order valence-electron chi connectivity index (χ2n) is 8.26. The summed E-state index contributed by atoms with van der Waals surface area (Å²) in [4.78, 5) is 54.4. The van der Waals surface area contributed by atoms with Crippen LogP contribution in [0.1, 0.15) is 29.0 Å². The van der Waals surface area contributed by atoms with E-state index in [0.29, 0.717) is 22.7 Å². The zero-order chi connectivity index (χ0) is 25.4. The van der Waals surface area contributed by atoms with E-state index in [1.807, 2.05) is 12.1 Å². The molecule has 3 N–H and O–H groups in total. The van der Waals surface area contributed by atoms with Gasteiger partial charge < -0.3 is 25.4 Å². The van der Waals surface area contributed by atoms with Crippen LogP contribution in [0.4, 0.5) is 23.3 Å². The van der Waals surface area contributed by atoms with E-state index in [1.165, 1.54) is 24.0 Å². The lowest BCUT2D eigenvalue weighted by Crippen LogP contribution is -2.67. The number of nitrogen functional groups attached to an aromatic ring is 1. The average Bonchev–Trinajstić information content (AvgIpc) is 3.24. The molecule has 0 saturated carbocycles. The van der Waals surface area contributed by atoms with Crippen LogP contribution < -0.4 is 20.7 Å². The van der Waals surface area contributed by atoms with Crippen molar-refractivity contribution >= 4 is 41.1 Å². The van der Waals surface area contributed by atoms with Gasteiger partial charge in [0.15, 0.2) is 12.4 Å². The number of carbonyl (C=O) groups is 3. The van der Waals surface area contributed by atoms with Crippen molar-refractivity contribution in [3.8, 4) is 5.75 Å². The normalized spacial score (nSPS) is 18.5. The van der Waals surface area contributed by atoms with Crippen LogP contribution in [-0.4, -0.2) is 57.5 Å². The molecule has 2 aliphatic rings. The number of esters is 1. The maximum Gasteiger partial charge on any atom is 0.354 e. The summed E-state index contributed by atoms with van der Waals surface area (Å²) in [6, 6.07) is 13.9. The molecule has 5 rings (SSSR count). The Morgan fingerprint density at radius 3 is 2.67 bits per heavy atom. The van der Waals surface area contributed by atoms with Crippen LogP contribution in [0.25, 0.3) is 0 Å². The summed E-state index contributed by atoms with van der Waals surface area (Å²) >= 11 is 0. The van der Waals surface area contributed by atoms with E-state index >= 15 is 0 Å². The summed E-state index contributed by atoms with van der Waals surface area (Å²) in [5.74, 6) is -0.703. The Bertz CT molecular complexity index is 1380. The van der Waals surface area contributed by atoms with E-state index in [9.17, 15) is 14.4 Å². The third kappa shape index (κ3) is 3.63. The fourth-order valence-corrected chi connectivity index (χ4v) is 4.56. The van der Waals surface area contributed by atoms with Crippen LogP contribution in [0.15, 0.2) is 48.5 Å². The molecule has 1 aromatic heterocycles. The maximum absolute atomic E-state index is 13.5. The quantitative estimate of drug-likeness (QED) is 0.491. The van der Waals surface area contributed by atoms with Gasteiger partial charge in [0, 0.05) is 19.9 Å². The number of para-hydroxylation sites is 3. The summed E-state index contributed by atoms with van der Waals surface area (Å²) in [5.41, 5.74) is 5.58. The molecule has 2 aromatic carbocycles. The van der Waals surface area contributed by atoms with Crippen molar-refractivity contribution in [3.63, 3.8) is 0 Å². The first-order valence-corrected chi connectivity index (χ1v) is 11.1. The molecule has 0 aliphatic carbocycles.